The number of nitrogens with one attached hydrogen (secondary N) is 1. The summed E-state index contributed by atoms with van der Waals surface area (Å²) in [5, 5.41) is 12.0. The summed E-state index contributed by atoms with van der Waals surface area (Å²) in [6, 6.07) is 15.9. The molecule has 3 atom stereocenters. The van der Waals surface area contributed by atoms with Crippen LogP contribution in [0.2, 0.25) is 0 Å². The summed E-state index contributed by atoms with van der Waals surface area (Å²) >= 11 is 0. The van der Waals surface area contributed by atoms with Gasteiger partial charge in [-0.1, -0.05) is 60.7 Å². The first-order chi connectivity index (χ1) is 14.9. The molecule has 0 saturated carbocycles. The van der Waals surface area contributed by atoms with Gasteiger partial charge >= 0.3 is 11.9 Å². The molecule has 0 aliphatic heterocycles. The summed E-state index contributed by atoms with van der Waals surface area (Å²) in [6.45, 7) is 1.50. The van der Waals surface area contributed by atoms with Crippen molar-refractivity contribution in [2.24, 2.45) is 5.73 Å². The van der Waals surface area contributed by atoms with Gasteiger partial charge in [0.2, 0.25) is 5.91 Å². The topological polar surface area (TPSA) is 128 Å². The number of amides is 1. The van der Waals surface area contributed by atoms with E-state index in [1.165, 1.54) is 6.92 Å². The molecule has 0 heterocycles. The fourth-order valence-electron chi connectivity index (χ4n) is 2.64. The molecule has 0 aromatic heterocycles. The van der Waals surface area contributed by atoms with E-state index in [2.05, 4.69) is 5.32 Å². The second-order valence-corrected chi connectivity index (χ2v) is 7.11. The zero-order valence-corrected chi connectivity index (χ0v) is 17.4. The molecule has 0 spiro atoms. The van der Waals surface area contributed by atoms with Crippen LogP contribution in [0.1, 0.15) is 30.9 Å². The Bertz CT molecular complexity index is 842. The van der Waals surface area contributed by atoms with E-state index in [9.17, 15) is 19.5 Å². The molecule has 1 amide bonds. The lowest BCUT2D eigenvalue weighted by molar-refractivity contribution is -0.151. The van der Waals surface area contributed by atoms with Crippen molar-refractivity contribution in [3.05, 3.63) is 71.8 Å². The number of esters is 2. The molecule has 2 aromatic carbocycles. The number of nitrogens with two attached hydrogens (primary N) is 1. The monoisotopic (exact) mass is 428 g/mol. The largest absolute Gasteiger partial charge is 0.461 e. The Labute approximate surface area is 181 Å². The number of aliphatic hydroxyl groups excluding tert-OH is 1. The smallest absolute Gasteiger partial charge is 0.328 e. The maximum atomic E-state index is 12.5. The molecule has 1 unspecified atom stereocenters. The van der Waals surface area contributed by atoms with Crippen LogP contribution in [-0.2, 0) is 37.1 Å². The van der Waals surface area contributed by atoms with Gasteiger partial charge in [0.1, 0.15) is 25.3 Å². The lowest BCUT2D eigenvalue weighted by atomic mass is 10.1. The van der Waals surface area contributed by atoms with Crippen LogP contribution in [0.5, 0.6) is 0 Å². The van der Waals surface area contributed by atoms with Gasteiger partial charge in [-0.25, -0.2) is 4.79 Å². The highest BCUT2D eigenvalue weighted by molar-refractivity contribution is 5.88. The minimum atomic E-state index is -1.21. The van der Waals surface area contributed by atoms with Gasteiger partial charge in [-0.2, -0.15) is 0 Å². The fraction of sp³-hybridized carbons (Fsp3) is 0.348. The van der Waals surface area contributed by atoms with Crippen molar-refractivity contribution < 1.29 is 29.0 Å². The van der Waals surface area contributed by atoms with E-state index in [0.29, 0.717) is 0 Å². The molecule has 2 aromatic rings. The zero-order chi connectivity index (χ0) is 22.6. The van der Waals surface area contributed by atoms with E-state index in [4.69, 9.17) is 15.2 Å². The second kappa shape index (κ2) is 12.5. The van der Waals surface area contributed by atoms with Gasteiger partial charge in [0.15, 0.2) is 0 Å². The first-order valence-electron chi connectivity index (χ1n) is 10.0. The summed E-state index contributed by atoms with van der Waals surface area (Å²) < 4.78 is 10.5. The summed E-state index contributed by atoms with van der Waals surface area (Å²) in [5.41, 5.74) is 7.26. The van der Waals surface area contributed by atoms with Gasteiger partial charge in [0, 0.05) is 6.42 Å². The van der Waals surface area contributed by atoms with Crippen molar-refractivity contribution in [1.82, 2.24) is 5.32 Å². The zero-order valence-electron chi connectivity index (χ0n) is 17.4. The maximum Gasteiger partial charge on any atom is 0.328 e. The molecular weight excluding hydrogens is 400 g/mol. The Morgan fingerprint density at radius 1 is 0.935 bits per heavy atom. The number of carbonyl (C=O) groups is 3. The number of hydrogen-bond donors (Lipinski definition) is 3. The van der Waals surface area contributed by atoms with E-state index in [1.54, 1.807) is 12.1 Å². The molecule has 0 fully saturated rings. The number of benzene rings is 2. The van der Waals surface area contributed by atoms with Gasteiger partial charge in [-0.3, -0.25) is 9.59 Å². The quantitative estimate of drug-likeness (QED) is 0.462. The number of hydrogen-bond acceptors (Lipinski definition) is 7. The normalized spacial score (nSPS) is 13.5. The standard InChI is InChI=1S/C23H28N2O6/c1-16(26)21(24)22(28)25-19(23(29)31-15-18-10-6-3-7-11-18)12-13-20(27)30-14-17-8-4-2-5-9-17/h2-11,16,19,21,26H,12-15,24H2,1H3,(H,25,28)/t16?,19-,21-/m1/s1. The Kier molecular flexibility index (Phi) is 9.67. The first-order valence-corrected chi connectivity index (χ1v) is 10.0. The third-order valence-corrected chi connectivity index (χ3v) is 4.53. The lowest BCUT2D eigenvalue weighted by Crippen LogP contribution is -2.52. The van der Waals surface area contributed by atoms with Crippen LogP contribution >= 0.6 is 0 Å². The molecular formula is C23H28N2O6. The molecule has 0 saturated heterocycles. The average Bonchev–Trinajstić information content (AvgIpc) is 2.79. The number of ether oxygens (including phenoxy) is 2. The van der Waals surface area contributed by atoms with E-state index in [0.717, 1.165) is 11.1 Å². The molecule has 4 N–H and O–H groups in total. The van der Waals surface area contributed by atoms with Crippen molar-refractivity contribution in [2.75, 3.05) is 0 Å². The predicted octanol–water partition coefficient (Wildman–Crippen LogP) is 1.45. The van der Waals surface area contributed by atoms with Gasteiger partial charge in [0.05, 0.1) is 6.10 Å². The molecule has 0 aliphatic carbocycles. The van der Waals surface area contributed by atoms with E-state index >= 15 is 0 Å². The highest BCUT2D eigenvalue weighted by atomic mass is 16.5. The number of rotatable bonds is 11. The third-order valence-electron chi connectivity index (χ3n) is 4.53. The minimum absolute atomic E-state index is 0.0208. The highest BCUT2D eigenvalue weighted by Crippen LogP contribution is 2.08. The molecule has 2 rings (SSSR count). The van der Waals surface area contributed by atoms with Crippen molar-refractivity contribution in [3.63, 3.8) is 0 Å². The van der Waals surface area contributed by atoms with Crippen molar-refractivity contribution >= 4 is 17.8 Å². The van der Waals surface area contributed by atoms with E-state index in [1.807, 2.05) is 48.5 Å². The average molecular weight is 428 g/mol. The summed E-state index contributed by atoms with van der Waals surface area (Å²) in [6.07, 6.45) is -1.24. The lowest BCUT2D eigenvalue weighted by Gasteiger charge is -2.21. The van der Waals surface area contributed by atoms with Crippen LogP contribution in [0.3, 0.4) is 0 Å². The van der Waals surface area contributed by atoms with Crippen LogP contribution in [0.4, 0.5) is 0 Å². The second-order valence-electron chi connectivity index (χ2n) is 7.11. The van der Waals surface area contributed by atoms with Crippen LogP contribution < -0.4 is 11.1 Å². The molecule has 8 heteroatoms. The Morgan fingerprint density at radius 2 is 1.45 bits per heavy atom. The van der Waals surface area contributed by atoms with Crippen LogP contribution in [0.25, 0.3) is 0 Å². The number of aliphatic hydroxyl groups is 1. The van der Waals surface area contributed by atoms with Gasteiger partial charge in [-0.15, -0.1) is 0 Å². The van der Waals surface area contributed by atoms with Gasteiger partial charge < -0.3 is 25.6 Å². The molecule has 31 heavy (non-hydrogen) atoms. The van der Waals surface area contributed by atoms with E-state index in [-0.39, 0.29) is 26.1 Å². The van der Waals surface area contributed by atoms with Gasteiger partial charge in [-0.05, 0) is 24.5 Å². The Balaban J connectivity index is 1.92. The van der Waals surface area contributed by atoms with Crippen LogP contribution in [0.15, 0.2) is 60.7 Å². The third kappa shape index (κ3) is 8.57. The molecule has 8 nitrogen and oxygen atoms in total. The molecule has 0 aliphatic rings. The molecule has 0 bridgehead atoms. The maximum absolute atomic E-state index is 12.5. The summed E-state index contributed by atoms with van der Waals surface area (Å²) in [7, 11) is 0. The van der Waals surface area contributed by atoms with Crippen molar-refractivity contribution in [3.8, 4) is 0 Å². The Morgan fingerprint density at radius 3 is 1.97 bits per heavy atom. The number of carbonyl (C=O) groups excluding carboxylic acids is 3. The fourth-order valence-corrected chi connectivity index (χ4v) is 2.64. The van der Waals surface area contributed by atoms with Crippen molar-refractivity contribution in [1.29, 1.82) is 0 Å². The van der Waals surface area contributed by atoms with Gasteiger partial charge in [0.25, 0.3) is 0 Å². The van der Waals surface area contributed by atoms with Crippen molar-refractivity contribution in [2.45, 2.75) is 51.2 Å². The SMILES string of the molecule is CC(O)[C@@H](N)C(=O)N[C@H](CCC(=O)OCc1ccccc1)C(=O)OCc1ccccc1. The van der Waals surface area contributed by atoms with Crippen LogP contribution in [0, 0.1) is 0 Å². The molecule has 166 valence electrons. The highest BCUT2D eigenvalue weighted by Gasteiger charge is 2.27. The van der Waals surface area contributed by atoms with Crippen LogP contribution in [-0.4, -0.2) is 41.1 Å². The molecule has 0 radical (unpaired) electrons. The Hall–Kier alpha value is -3.23. The first kappa shape index (κ1) is 24.0. The minimum Gasteiger partial charge on any atom is -0.461 e. The summed E-state index contributed by atoms with van der Waals surface area (Å²) in [5.74, 6) is -1.93. The predicted molar refractivity (Wildman–Crippen MR) is 113 cm³/mol. The summed E-state index contributed by atoms with van der Waals surface area (Å²) in [4.78, 5) is 36.9. The van der Waals surface area contributed by atoms with E-state index < -0.39 is 36.0 Å².